The Morgan fingerprint density at radius 2 is 1.30 bits per heavy atom. The first-order chi connectivity index (χ1) is 9.67. The van der Waals surface area contributed by atoms with Gasteiger partial charge in [-0.25, -0.2) is 0 Å². The molecule has 2 rings (SSSR count). The fourth-order valence-corrected chi connectivity index (χ4v) is 2.10. The first-order valence-electron chi connectivity index (χ1n) is 6.75. The van der Waals surface area contributed by atoms with Crippen LogP contribution in [0.1, 0.15) is 28.7 Å². The highest BCUT2D eigenvalue weighted by Gasteiger charge is 2.01. The largest absolute Gasteiger partial charge is 0.481 e. The number of hydrogen-bond donors (Lipinski definition) is 2. The average molecular weight is 269 g/mol. The van der Waals surface area contributed by atoms with Gasteiger partial charge >= 0.3 is 5.97 Å². The van der Waals surface area contributed by atoms with Gasteiger partial charge in [-0.1, -0.05) is 48.5 Å². The van der Waals surface area contributed by atoms with Gasteiger partial charge in [0.1, 0.15) is 0 Å². The lowest BCUT2D eigenvalue weighted by Crippen LogP contribution is -1.98. The molecule has 3 N–H and O–H groups in total. The second-order valence-electron chi connectivity index (χ2n) is 4.91. The van der Waals surface area contributed by atoms with Crippen LogP contribution in [0.15, 0.2) is 48.5 Å². The molecule has 0 aliphatic rings. The van der Waals surface area contributed by atoms with E-state index in [0.717, 1.165) is 17.5 Å². The molecular weight excluding hydrogens is 250 g/mol. The maximum atomic E-state index is 10.5. The number of aryl methyl sites for hydroxylation is 1. The topological polar surface area (TPSA) is 63.3 Å². The molecule has 20 heavy (non-hydrogen) atoms. The first kappa shape index (κ1) is 14.3. The van der Waals surface area contributed by atoms with Crippen LogP contribution in [-0.2, 0) is 24.2 Å². The lowest BCUT2D eigenvalue weighted by molar-refractivity contribution is -0.136. The molecule has 3 heteroatoms. The zero-order valence-corrected chi connectivity index (χ0v) is 11.4. The molecule has 0 aliphatic heterocycles. The number of benzene rings is 2. The van der Waals surface area contributed by atoms with Crippen LogP contribution in [0.25, 0.3) is 0 Å². The lowest BCUT2D eigenvalue weighted by atomic mass is 10.0. The molecule has 0 spiro atoms. The van der Waals surface area contributed by atoms with Crippen LogP contribution in [0.2, 0.25) is 0 Å². The second kappa shape index (κ2) is 6.87. The number of rotatable bonds is 6. The summed E-state index contributed by atoms with van der Waals surface area (Å²) in [6.45, 7) is 0.568. The van der Waals surface area contributed by atoms with E-state index < -0.39 is 5.97 Å². The Morgan fingerprint density at radius 3 is 1.75 bits per heavy atom. The van der Waals surface area contributed by atoms with Gasteiger partial charge in [-0.05, 0) is 35.1 Å². The Morgan fingerprint density at radius 1 is 0.850 bits per heavy atom. The normalized spacial score (nSPS) is 10.4. The van der Waals surface area contributed by atoms with E-state index in [2.05, 4.69) is 36.4 Å². The van der Waals surface area contributed by atoms with E-state index in [1.807, 2.05) is 12.1 Å². The Bertz CT molecular complexity index is 559. The van der Waals surface area contributed by atoms with Crippen LogP contribution >= 0.6 is 0 Å². The van der Waals surface area contributed by atoms with Gasteiger partial charge in [-0.3, -0.25) is 4.79 Å². The third-order valence-corrected chi connectivity index (χ3v) is 3.32. The number of aliphatic carboxylic acids is 1. The molecular formula is C17H19NO2. The van der Waals surface area contributed by atoms with Gasteiger partial charge in [0.25, 0.3) is 0 Å². The molecule has 0 aromatic heterocycles. The van der Waals surface area contributed by atoms with Crippen molar-refractivity contribution in [3.8, 4) is 0 Å². The third-order valence-electron chi connectivity index (χ3n) is 3.32. The fraction of sp³-hybridized carbons (Fsp3) is 0.235. The number of carboxylic acid groups (broad SMARTS) is 1. The molecule has 104 valence electrons. The summed E-state index contributed by atoms with van der Waals surface area (Å²) < 4.78 is 0. The predicted octanol–water partition coefficient (Wildman–Crippen LogP) is 2.75. The van der Waals surface area contributed by atoms with Gasteiger partial charge < -0.3 is 10.8 Å². The predicted molar refractivity (Wildman–Crippen MR) is 79.5 cm³/mol. The smallest absolute Gasteiger partial charge is 0.303 e. The summed E-state index contributed by atoms with van der Waals surface area (Å²) >= 11 is 0. The molecule has 0 atom stereocenters. The summed E-state index contributed by atoms with van der Waals surface area (Å²) in [4.78, 5) is 10.5. The summed E-state index contributed by atoms with van der Waals surface area (Å²) in [6.07, 6.45) is 1.64. The monoisotopic (exact) mass is 269 g/mol. The van der Waals surface area contributed by atoms with Crippen LogP contribution in [0.4, 0.5) is 0 Å². The molecule has 0 unspecified atom stereocenters. The molecule has 3 nitrogen and oxygen atoms in total. The minimum absolute atomic E-state index is 0.180. The van der Waals surface area contributed by atoms with Crippen LogP contribution in [0.3, 0.4) is 0 Å². The molecule has 0 saturated heterocycles. The van der Waals surface area contributed by atoms with Crippen molar-refractivity contribution in [1.82, 2.24) is 0 Å². The van der Waals surface area contributed by atoms with Crippen LogP contribution < -0.4 is 5.73 Å². The minimum atomic E-state index is -0.755. The van der Waals surface area contributed by atoms with Gasteiger partial charge in [-0.2, -0.15) is 0 Å². The van der Waals surface area contributed by atoms with E-state index >= 15 is 0 Å². The summed E-state index contributed by atoms with van der Waals surface area (Å²) in [5.41, 5.74) is 10.3. The van der Waals surface area contributed by atoms with Gasteiger partial charge in [0, 0.05) is 13.0 Å². The van der Waals surface area contributed by atoms with Gasteiger partial charge in [-0.15, -0.1) is 0 Å². The zero-order valence-electron chi connectivity index (χ0n) is 11.4. The number of carbonyl (C=O) groups is 1. The van der Waals surface area contributed by atoms with E-state index in [0.29, 0.717) is 13.0 Å². The zero-order chi connectivity index (χ0) is 14.4. The van der Waals surface area contributed by atoms with Crippen molar-refractivity contribution in [2.75, 3.05) is 0 Å². The Kier molecular flexibility index (Phi) is 4.91. The Labute approximate surface area is 119 Å². The average Bonchev–Trinajstić information content (AvgIpc) is 2.47. The molecule has 0 fully saturated rings. The first-order valence-corrected chi connectivity index (χ1v) is 6.75. The highest BCUT2D eigenvalue weighted by molar-refractivity contribution is 5.67. The minimum Gasteiger partial charge on any atom is -0.481 e. The van der Waals surface area contributed by atoms with Crippen LogP contribution in [0.5, 0.6) is 0 Å². The highest BCUT2D eigenvalue weighted by atomic mass is 16.4. The molecule has 0 radical (unpaired) electrons. The molecule has 2 aromatic carbocycles. The van der Waals surface area contributed by atoms with Crippen molar-refractivity contribution < 1.29 is 9.90 Å². The number of carboxylic acids is 1. The lowest BCUT2D eigenvalue weighted by Gasteiger charge is -2.05. The molecule has 0 aliphatic carbocycles. The molecule has 0 bridgehead atoms. The maximum Gasteiger partial charge on any atom is 0.303 e. The van der Waals surface area contributed by atoms with Crippen molar-refractivity contribution >= 4 is 5.97 Å². The van der Waals surface area contributed by atoms with Crippen molar-refractivity contribution in [2.45, 2.75) is 25.8 Å². The summed E-state index contributed by atoms with van der Waals surface area (Å²) in [5.74, 6) is -0.755. The van der Waals surface area contributed by atoms with Crippen molar-refractivity contribution in [2.24, 2.45) is 5.73 Å². The summed E-state index contributed by atoms with van der Waals surface area (Å²) in [5, 5.41) is 8.66. The number of nitrogens with two attached hydrogens (primary N) is 1. The van der Waals surface area contributed by atoms with Crippen molar-refractivity contribution in [3.05, 3.63) is 70.8 Å². The quantitative estimate of drug-likeness (QED) is 0.847. The van der Waals surface area contributed by atoms with Gasteiger partial charge in [0.05, 0.1) is 0 Å². The SMILES string of the molecule is NCc1ccc(Cc2ccc(CCC(=O)O)cc2)cc1. The summed E-state index contributed by atoms with van der Waals surface area (Å²) in [7, 11) is 0. The number of hydrogen-bond acceptors (Lipinski definition) is 2. The fourth-order valence-electron chi connectivity index (χ4n) is 2.10. The second-order valence-corrected chi connectivity index (χ2v) is 4.91. The van der Waals surface area contributed by atoms with Crippen molar-refractivity contribution in [3.63, 3.8) is 0 Å². The standard InChI is InChI=1S/C17H19NO2/c18-12-16-7-5-15(6-8-16)11-14-3-1-13(2-4-14)9-10-17(19)20/h1-8H,9-12,18H2,(H,19,20). The highest BCUT2D eigenvalue weighted by Crippen LogP contribution is 2.13. The van der Waals surface area contributed by atoms with E-state index in [9.17, 15) is 4.79 Å². The molecule has 0 saturated carbocycles. The van der Waals surface area contributed by atoms with E-state index in [4.69, 9.17) is 10.8 Å². The van der Waals surface area contributed by atoms with Crippen LogP contribution in [-0.4, -0.2) is 11.1 Å². The van der Waals surface area contributed by atoms with Gasteiger partial charge in [0.2, 0.25) is 0 Å². The molecule has 0 heterocycles. The third kappa shape index (κ3) is 4.21. The van der Waals surface area contributed by atoms with E-state index in [1.54, 1.807) is 0 Å². The Hall–Kier alpha value is -2.13. The molecule has 2 aromatic rings. The maximum absolute atomic E-state index is 10.5. The molecule has 0 amide bonds. The van der Waals surface area contributed by atoms with Crippen molar-refractivity contribution in [1.29, 1.82) is 0 Å². The Balaban J connectivity index is 1.97. The van der Waals surface area contributed by atoms with E-state index in [-0.39, 0.29) is 6.42 Å². The van der Waals surface area contributed by atoms with Crippen LogP contribution in [0, 0.1) is 0 Å². The summed E-state index contributed by atoms with van der Waals surface area (Å²) in [6, 6.07) is 16.4. The van der Waals surface area contributed by atoms with E-state index in [1.165, 1.54) is 11.1 Å². The van der Waals surface area contributed by atoms with Gasteiger partial charge in [0.15, 0.2) is 0 Å².